The van der Waals surface area contributed by atoms with Crippen molar-refractivity contribution in [1.82, 2.24) is 15.1 Å². The van der Waals surface area contributed by atoms with Gasteiger partial charge in [-0.05, 0) is 30.0 Å². The zero-order valence-electron chi connectivity index (χ0n) is 17.2. The number of urea groups is 1. The molecule has 3 fully saturated rings. The molecule has 2 atom stereocenters. The van der Waals surface area contributed by atoms with Crippen LogP contribution in [0.25, 0.3) is 11.1 Å². The molecule has 6 heteroatoms. The number of carbonyl (C=O) groups excluding carboxylic acids is 2. The van der Waals surface area contributed by atoms with E-state index in [-0.39, 0.29) is 30.7 Å². The van der Waals surface area contributed by atoms with Crippen LogP contribution in [0.3, 0.4) is 0 Å². The lowest BCUT2D eigenvalue weighted by Gasteiger charge is -2.46. The molecule has 156 valence electrons. The molecule has 3 aliphatic heterocycles. The van der Waals surface area contributed by atoms with Crippen LogP contribution in [0.4, 0.5) is 4.79 Å². The summed E-state index contributed by atoms with van der Waals surface area (Å²) >= 11 is 0. The molecule has 1 unspecified atom stereocenters. The van der Waals surface area contributed by atoms with Gasteiger partial charge in [-0.1, -0.05) is 54.1 Å². The molecule has 0 bridgehead atoms. The Bertz CT molecular complexity index is 935. The lowest BCUT2D eigenvalue weighted by molar-refractivity contribution is -0.139. The fourth-order valence-corrected chi connectivity index (χ4v) is 4.61. The van der Waals surface area contributed by atoms with Gasteiger partial charge in [-0.2, -0.15) is 0 Å². The molecule has 0 aromatic heterocycles. The van der Waals surface area contributed by atoms with E-state index < -0.39 is 0 Å². The Hall–Kier alpha value is -2.86. The maximum Gasteiger partial charge on any atom is 0.320 e. The van der Waals surface area contributed by atoms with Gasteiger partial charge in [0.15, 0.2) is 0 Å². The van der Waals surface area contributed by atoms with Crippen molar-refractivity contribution in [3.63, 3.8) is 0 Å². The van der Waals surface area contributed by atoms with Crippen LogP contribution in [0.15, 0.2) is 48.5 Å². The molecule has 5 rings (SSSR count). The van der Waals surface area contributed by atoms with Crippen LogP contribution in [0.2, 0.25) is 0 Å². The lowest BCUT2D eigenvalue weighted by atomic mass is 9.90. The number of fused-ring (bicyclic) bond motifs is 1. The zero-order chi connectivity index (χ0) is 20.7. The first-order chi connectivity index (χ1) is 14.6. The second-order valence-electron chi connectivity index (χ2n) is 8.63. The van der Waals surface area contributed by atoms with Crippen molar-refractivity contribution in [3.8, 4) is 11.1 Å². The highest BCUT2D eigenvalue weighted by atomic mass is 16.5. The van der Waals surface area contributed by atoms with Crippen LogP contribution in [-0.2, 0) is 9.53 Å². The number of hydrogen-bond acceptors (Lipinski definition) is 3. The molecule has 2 aromatic carbocycles. The summed E-state index contributed by atoms with van der Waals surface area (Å²) in [6.07, 6.45) is 0.803. The first kappa shape index (κ1) is 19.1. The number of nitrogens with zero attached hydrogens (tertiary/aromatic N) is 2. The van der Waals surface area contributed by atoms with Gasteiger partial charge in [-0.25, -0.2) is 4.79 Å². The Morgan fingerprint density at radius 1 is 0.967 bits per heavy atom. The third-order valence-electron chi connectivity index (χ3n) is 6.51. The van der Waals surface area contributed by atoms with E-state index in [1.165, 1.54) is 22.3 Å². The molecule has 6 nitrogen and oxygen atoms in total. The minimum Gasteiger partial charge on any atom is -0.366 e. The second-order valence-corrected chi connectivity index (χ2v) is 8.63. The minimum absolute atomic E-state index is 0.0305. The van der Waals surface area contributed by atoms with Gasteiger partial charge in [0, 0.05) is 32.1 Å². The number of morpholine rings is 1. The summed E-state index contributed by atoms with van der Waals surface area (Å²) in [6.45, 7) is 4.93. The molecule has 0 spiro atoms. The Kier molecular flexibility index (Phi) is 4.95. The summed E-state index contributed by atoms with van der Waals surface area (Å²) in [5.41, 5.74) is 4.98. The number of piperidine rings is 1. The highest BCUT2D eigenvalue weighted by molar-refractivity contribution is 5.79. The van der Waals surface area contributed by atoms with E-state index in [1.54, 1.807) is 0 Å². The van der Waals surface area contributed by atoms with Gasteiger partial charge in [-0.3, -0.25) is 4.79 Å². The predicted molar refractivity (Wildman–Crippen MR) is 114 cm³/mol. The van der Waals surface area contributed by atoms with Crippen LogP contribution in [0.1, 0.15) is 23.5 Å². The largest absolute Gasteiger partial charge is 0.366 e. The van der Waals surface area contributed by atoms with E-state index in [9.17, 15) is 9.59 Å². The average molecular weight is 405 g/mol. The van der Waals surface area contributed by atoms with Crippen LogP contribution < -0.4 is 5.32 Å². The number of likely N-dealkylation sites (tertiary alicyclic amines) is 2. The number of aryl methyl sites for hydroxylation is 1. The highest BCUT2D eigenvalue weighted by Crippen LogP contribution is 2.30. The normalized spacial score (nSPS) is 24.1. The van der Waals surface area contributed by atoms with Gasteiger partial charge in [-0.15, -0.1) is 0 Å². The summed E-state index contributed by atoms with van der Waals surface area (Å²) in [4.78, 5) is 28.2. The molecule has 2 aromatic rings. The Morgan fingerprint density at radius 2 is 1.63 bits per heavy atom. The third kappa shape index (κ3) is 3.67. The molecule has 3 amide bonds. The van der Waals surface area contributed by atoms with E-state index in [0.717, 1.165) is 19.5 Å². The molecule has 0 saturated carbocycles. The van der Waals surface area contributed by atoms with E-state index in [0.29, 0.717) is 19.0 Å². The molecule has 3 saturated heterocycles. The van der Waals surface area contributed by atoms with Gasteiger partial charge in [0.2, 0.25) is 5.91 Å². The lowest BCUT2D eigenvalue weighted by Crippen LogP contribution is -2.63. The summed E-state index contributed by atoms with van der Waals surface area (Å²) < 4.78 is 5.58. The standard InChI is InChI=1S/C24H27N3O3/c1-16-2-4-17(5-3-16)18-6-8-19(9-7-18)20-12-27(13-20)24(29)26-11-10-22-21(14-26)25-23(28)15-30-22/h2-9,20-22H,10-15H2,1H3,(H,25,28)/t21-,22?/m1/s1. The van der Waals surface area contributed by atoms with E-state index in [2.05, 4.69) is 60.8 Å². The Labute approximate surface area is 176 Å². The number of rotatable bonds is 2. The molecule has 3 aliphatic rings. The number of amides is 3. The van der Waals surface area contributed by atoms with Gasteiger partial charge in [0.25, 0.3) is 0 Å². The molecule has 30 heavy (non-hydrogen) atoms. The van der Waals surface area contributed by atoms with Crippen LogP contribution in [0, 0.1) is 6.92 Å². The maximum atomic E-state index is 12.9. The van der Waals surface area contributed by atoms with Crippen molar-refractivity contribution in [2.45, 2.75) is 31.4 Å². The smallest absolute Gasteiger partial charge is 0.320 e. The number of nitrogens with one attached hydrogen (secondary N) is 1. The van der Waals surface area contributed by atoms with Crippen molar-refractivity contribution >= 4 is 11.9 Å². The highest BCUT2D eigenvalue weighted by Gasteiger charge is 2.40. The maximum absolute atomic E-state index is 12.9. The molecule has 0 aliphatic carbocycles. The summed E-state index contributed by atoms with van der Waals surface area (Å²) in [5.74, 6) is 0.292. The fraction of sp³-hybridized carbons (Fsp3) is 0.417. The zero-order valence-corrected chi connectivity index (χ0v) is 17.2. The third-order valence-corrected chi connectivity index (χ3v) is 6.51. The van der Waals surface area contributed by atoms with E-state index in [4.69, 9.17) is 4.74 Å². The summed E-state index contributed by atoms with van der Waals surface area (Å²) in [6, 6.07) is 17.2. The van der Waals surface area contributed by atoms with E-state index in [1.807, 2.05) is 9.80 Å². The molecular formula is C24H27N3O3. The van der Waals surface area contributed by atoms with Crippen LogP contribution >= 0.6 is 0 Å². The van der Waals surface area contributed by atoms with Gasteiger partial charge < -0.3 is 19.9 Å². The number of carbonyl (C=O) groups is 2. The summed E-state index contributed by atoms with van der Waals surface area (Å²) in [7, 11) is 0. The molecular weight excluding hydrogens is 378 g/mol. The van der Waals surface area contributed by atoms with Crippen LogP contribution in [0.5, 0.6) is 0 Å². The van der Waals surface area contributed by atoms with Crippen molar-refractivity contribution in [1.29, 1.82) is 0 Å². The Morgan fingerprint density at radius 3 is 2.33 bits per heavy atom. The van der Waals surface area contributed by atoms with Gasteiger partial charge in [0.05, 0.1) is 12.1 Å². The first-order valence-corrected chi connectivity index (χ1v) is 10.7. The second kappa shape index (κ2) is 7.76. The fourth-order valence-electron chi connectivity index (χ4n) is 4.61. The molecule has 1 N–H and O–H groups in total. The van der Waals surface area contributed by atoms with Crippen molar-refractivity contribution in [2.75, 3.05) is 32.8 Å². The van der Waals surface area contributed by atoms with Crippen molar-refractivity contribution in [3.05, 3.63) is 59.7 Å². The number of ether oxygens (including phenoxy) is 1. The van der Waals surface area contributed by atoms with Crippen LogP contribution in [-0.4, -0.2) is 66.7 Å². The SMILES string of the molecule is Cc1ccc(-c2ccc(C3CN(C(=O)N4CCC5OCC(=O)N[C@@H]5C4)C3)cc2)cc1. The molecule has 0 radical (unpaired) electrons. The predicted octanol–water partition coefficient (Wildman–Crippen LogP) is 2.77. The van der Waals surface area contributed by atoms with Crippen molar-refractivity contribution in [2.24, 2.45) is 0 Å². The average Bonchev–Trinajstić information content (AvgIpc) is 2.73. The summed E-state index contributed by atoms with van der Waals surface area (Å²) in [5, 5.41) is 2.96. The minimum atomic E-state index is -0.0938. The monoisotopic (exact) mass is 405 g/mol. The van der Waals surface area contributed by atoms with E-state index >= 15 is 0 Å². The number of hydrogen-bond donors (Lipinski definition) is 1. The quantitative estimate of drug-likeness (QED) is 0.836. The molecule has 3 heterocycles. The van der Waals surface area contributed by atoms with Crippen molar-refractivity contribution < 1.29 is 14.3 Å². The number of benzene rings is 2. The van der Waals surface area contributed by atoms with Gasteiger partial charge >= 0.3 is 6.03 Å². The van der Waals surface area contributed by atoms with Gasteiger partial charge in [0.1, 0.15) is 6.61 Å². The Balaban J connectivity index is 1.16. The first-order valence-electron chi connectivity index (χ1n) is 10.7. The topological polar surface area (TPSA) is 61.9 Å².